The maximum absolute atomic E-state index is 13.6. The normalized spacial score (nSPS) is 14.7. The van der Waals surface area contributed by atoms with Gasteiger partial charge in [-0.3, -0.25) is 9.36 Å². The average molecular weight is 631 g/mol. The van der Waals surface area contributed by atoms with Crippen molar-refractivity contribution in [3.05, 3.63) is 105 Å². The van der Waals surface area contributed by atoms with Gasteiger partial charge < -0.3 is 26.2 Å². The summed E-state index contributed by atoms with van der Waals surface area (Å²) in [5.41, 5.74) is 12.0. The number of hydrogen-bond acceptors (Lipinski definition) is 8. The van der Waals surface area contributed by atoms with E-state index >= 15 is 0 Å². The molecule has 0 aliphatic carbocycles. The van der Waals surface area contributed by atoms with Crippen LogP contribution in [0.5, 0.6) is 0 Å². The molecule has 216 valence electrons. The number of para-hydroxylation sites is 1. The van der Waals surface area contributed by atoms with Crippen LogP contribution < -0.4 is 21.9 Å². The van der Waals surface area contributed by atoms with Crippen molar-refractivity contribution in [2.75, 3.05) is 31.2 Å². The van der Waals surface area contributed by atoms with Gasteiger partial charge >= 0.3 is 0 Å². The molecule has 5 N–H and O–H groups in total. The number of hydrogen-bond donors (Lipinski definition) is 4. The van der Waals surface area contributed by atoms with E-state index in [0.717, 1.165) is 48.3 Å². The van der Waals surface area contributed by atoms with Gasteiger partial charge in [-0.05, 0) is 83.8 Å². The van der Waals surface area contributed by atoms with Crippen LogP contribution in [0.1, 0.15) is 41.9 Å². The number of nitrogens with two attached hydrogens (primary N) is 1. The third-order valence-electron chi connectivity index (χ3n) is 7.73. The number of ether oxygens (including phenoxy) is 1. The topological polar surface area (TPSA) is 132 Å². The molecule has 1 aliphatic heterocycles. The van der Waals surface area contributed by atoms with E-state index in [0.29, 0.717) is 33.3 Å². The van der Waals surface area contributed by atoms with Gasteiger partial charge in [0.1, 0.15) is 11.8 Å². The Morgan fingerprint density at radius 2 is 1.88 bits per heavy atom. The van der Waals surface area contributed by atoms with Crippen molar-refractivity contribution >= 4 is 33.0 Å². The summed E-state index contributed by atoms with van der Waals surface area (Å²) in [6, 6.07) is 20.8. The molecular weight excluding hydrogens is 598 g/mol. The zero-order chi connectivity index (χ0) is 29.2. The minimum absolute atomic E-state index is 0.199. The molecule has 2 aromatic carbocycles. The number of rotatable bonds is 8. The molecule has 0 spiro atoms. The first-order chi connectivity index (χ1) is 20.5. The minimum atomic E-state index is -1.25. The summed E-state index contributed by atoms with van der Waals surface area (Å²) < 4.78 is 9.49. The number of aliphatic hydroxyl groups excluding tert-OH is 1. The lowest BCUT2D eigenvalue weighted by Gasteiger charge is -2.22. The van der Waals surface area contributed by atoms with Crippen molar-refractivity contribution in [1.82, 2.24) is 24.5 Å². The highest BCUT2D eigenvalue weighted by molar-refractivity contribution is 9.10. The van der Waals surface area contributed by atoms with Crippen LogP contribution in [0.4, 0.5) is 11.5 Å². The number of piperidine rings is 1. The molecule has 1 unspecified atom stereocenters. The molecular formula is C31H32BrN7O3. The summed E-state index contributed by atoms with van der Waals surface area (Å²) in [6.07, 6.45) is 2.31. The van der Waals surface area contributed by atoms with E-state index in [4.69, 9.17) is 10.5 Å². The number of methoxy groups -OCH3 is 1. The lowest BCUT2D eigenvalue weighted by atomic mass is 9.94. The third-order valence-corrected chi connectivity index (χ3v) is 8.42. The molecule has 1 aliphatic rings. The predicted octanol–water partition coefficient (Wildman–Crippen LogP) is 4.61. The van der Waals surface area contributed by atoms with Gasteiger partial charge in [0.05, 0.1) is 17.9 Å². The summed E-state index contributed by atoms with van der Waals surface area (Å²) in [4.78, 5) is 17.9. The molecule has 42 heavy (non-hydrogen) atoms. The van der Waals surface area contributed by atoms with E-state index in [1.54, 1.807) is 17.7 Å². The molecule has 0 saturated carbocycles. The van der Waals surface area contributed by atoms with Crippen molar-refractivity contribution in [2.45, 2.75) is 31.6 Å². The highest BCUT2D eigenvalue weighted by atomic mass is 79.9. The Morgan fingerprint density at radius 1 is 1.14 bits per heavy atom. The Hall–Kier alpha value is -4.03. The zero-order valence-electron chi connectivity index (χ0n) is 23.1. The van der Waals surface area contributed by atoms with Crippen LogP contribution >= 0.6 is 15.9 Å². The van der Waals surface area contributed by atoms with E-state index in [9.17, 15) is 9.90 Å². The van der Waals surface area contributed by atoms with Crippen LogP contribution in [0.2, 0.25) is 0 Å². The molecule has 4 heterocycles. The van der Waals surface area contributed by atoms with Crippen molar-refractivity contribution in [3.8, 4) is 16.8 Å². The lowest BCUT2D eigenvalue weighted by molar-refractivity contribution is 0.177. The average Bonchev–Trinajstić information content (AvgIpc) is 3.41. The summed E-state index contributed by atoms with van der Waals surface area (Å²) in [5.74, 6) is 0.808. The van der Waals surface area contributed by atoms with Crippen LogP contribution in [0.3, 0.4) is 0 Å². The van der Waals surface area contributed by atoms with Crippen molar-refractivity contribution < 1.29 is 9.84 Å². The van der Waals surface area contributed by atoms with Gasteiger partial charge in [0, 0.05) is 40.1 Å². The predicted molar refractivity (Wildman–Crippen MR) is 167 cm³/mol. The van der Waals surface area contributed by atoms with Crippen molar-refractivity contribution in [1.29, 1.82) is 0 Å². The van der Waals surface area contributed by atoms with Gasteiger partial charge in [-0.1, -0.05) is 30.3 Å². The fraction of sp³-hybridized carbons (Fsp3) is 0.258. The number of aliphatic hydroxyl groups is 1. The number of benzene rings is 2. The number of nitrogens with one attached hydrogen (secondary N) is 2. The van der Waals surface area contributed by atoms with Gasteiger partial charge in [-0.15, -0.1) is 0 Å². The second-order valence-corrected chi connectivity index (χ2v) is 11.2. The Morgan fingerprint density at radius 3 is 2.60 bits per heavy atom. The van der Waals surface area contributed by atoms with Gasteiger partial charge in [0.25, 0.3) is 5.56 Å². The van der Waals surface area contributed by atoms with Crippen molar-refractivity contribution in [2.24, 2.45) is 0 Å². The Kier molecular flexibility index (Phi) is 8.07. The zero-order valence-corrected chi connectivity index (χ0v) is 24.7. The van der Waals surface area contributed by atoms with Gasteiger partial charge in [-0.25, -0.2) is 9.50 Å². The first-order valence-electron chi connectivity index (χ1n) is 13.8. The summed E-state index contributed by atoms with van der Waals surface area (Å²) in [7, 11) is 1.58. The molecule has 1 saturated heterocycles. The maximum Gasteiger partial charge on any atom is 0.263 e. The molecule has 0 bridgehead atoms. The second-order valence-electron chi connectivity index (χ2n) is 10.3. The van der Waals surface area contributed by atoms with Crippen LogP contribution in [0, 0.1) is 0 Å². The largest absolute Gasteiger partial charge is 0.382 e. The van der Waals surface area contributed by atoms with Gasteiger partial charge in [0.2, 0.25) is 0 Å². The second kappa shape index (κ2) is 12.1. The molecule has 10 nitrogen and oxygen atoms in total. The number of nitrogens with zero attached hydrogens (tertiary/aromatic N) is 4. The van der Waals surface area contributed by atoms with E-state index in [2.05, 4.69) is 42.7 Å². The van der Waals surface area contributed by atoms with E-state index in [-0.39, 0.29) is 17.7 Å². The highest BCUT2D eigenvalue weighted by Gasteiger charge is 2.24. The van der Waals surface area contributed by atoms with Crippen LogP contribution in [-0.2, 0) is 11.3 Å². The molecule has 3 aromatic heterocycles. The van der Waals surface area contributed by atoms with E-state index < -0.39 is 6.23 Å². The Labute approximate surface area is 251 Å². The summed E-state index contributed by atoms with van der Waals surface area (Å²) in [6.45, 7) is 2.16. The van der Waals surface area contributed by atoms with E-state index in [1.807, 2.05) is 59.1 Å². The van der Waals surface area contributed by atoms with Crippen LogP contribution in [0.15, 0.2) is 82.3 Å². The number of nitrogen functional groups attached to an aromatic ring is 1. The Bertz CT molecular complexity index is 1760. The van der Waals surface area contributed by atoms with E-state index in [1.165, 1.54) is 6.33 Å². The maximum atomic E-state index is 13.6. The quantitative estimate of drug-likeness (QED) is 0.183. The van der Waals surface area contributed by atoms with Crippen LogP contribution in [0.25, 0.3) is 22.3 Å². The molecule has 11 heteroatoms. The first-order valence-corrected chi connectivity index (χ1v) is 14.6. The highest BCUT2D eigenvalue weighted by Crippen LogP contribution is 2.36. The number of anilines is 2. The number of halogens is 1. The molecule has 1 atom stereocenters. The fourth-order valence-electron chi connectivity index (χ4n) is 5.66. The third kappa shape index (κ3) is 5.32. The molecule has 6 rings (SSSR count). The van der Waals surface area contributed by atoms with Gasteiger partial charge in [-0.2, -0.15) is 5.10 Å². The lowest BCUT2D eigenvalue weighted by Crippen LogP contribution is -2.29. The molecule has 0 amide bonds. The number of aromatic nitrogens is 4. The monoisotopic (exact) mass is 629 g/mol. The summed E-state index contributed by atoms with van der Waals surface area (Å²) in [5, 5.41) is 22.2. The SMILES string of the molecule is COCc1c(Br)cc(C(O)Nc2ccc(-c3cc(C4CCNCC4)n4ncnc(N)c34)cc2)c(=O)n1-c1ccccc1. The fourth-order valence-corrected chi connectivity index (χ4v) is 6.20. The van der Waals surface area contributed by atoms with Crippen molar-refractivity contribution in [3.63, 3.8) is 0 Å². The number of pyridine rings is 1. The Balaban J connectivity index is 1.31. The smallest absolute Gasteiger partial charge is 0.263 e. The standard InChI is InChI=1S/C31H32BrN7O3/c1-42-17-27-25(32)15-24(31(41)38(27)22-5-3-2-4-6-22)30(40)37-21-9-7-19(8-10-21)23-16-26(20-11-13-34-14-12-20)39-28(23)29(33)35-18-36-39/h2-10,15-16,18,20,30,34,37,40H,11-14,17H2,1H3,(H2,33,35,36). The number of fused-ring (bicyclic) bond motifs is 1. The minimum Gasteiger partial charge on any atom is -0.382 e. The molecule has 1 fully saturated rings. The molecule has 5 aromatic rings. The molecule has 0 radical (unpaired) electrons. The summed E-state index contributed by atoms with van der Waals surface area (Å²) >= 11 is 3.57. The van der Waals surface area contributed by atoms with Crippen LogP contribution in [-0.4, -0.2) is 44.5 Å². The van der Waals surface area contributed by atoms with Gasteiger partial charge in [0.15, 0.2) is 12.0 Å². The first kappa shape index (κ1) is 28.1.